The van der Waals surface area contributed by atoms with Crippen molar-refractivity contribution in [3.05, 3.63) is 36.4 Å². The number of anilines is 2. The lowest BCUT2D eigenvalue weighted by Crippen LogP contribution is -2.27. The van der Waals surface area contributed by atoms with Gasteiger partial charge < -0.3 is 14.8 Å². The molecule has 0 aromatic heterocycles. The van der Waals surface area contributed by atoms with E-state index in [-0.39, 0.29) is 0 Å². The number of amides is 2. The third kappa shape index (κ3) is 7.66. The molecule has 0 aliphatic carbocycles. The first-order valence-corrected chi connectivity index (χ1v) is 6.87. The minimum absolute atomic E-state index is 0.469. The molecule has 0 unspecified atom stereocenters. The maximum atomic E-state index is 11.6. The van der Waals surface area contributed by atoms with Crippen LogP contribution in [0, 0.1) is 0 Å². The highest BCUT2D eigenvalue weighted by atomic mass is 16.6. The number of rotatable bonds is 4. The molecule has 0 aliphatic heterocycles. The van der Waals surface area contributed by atoms with Crippen LogP contribution >= 0.6 is 0 Å². The highest BCUT2D eigenvalue weighted by Gasteiger charge is 2.16. The summed E-state index contributed by atoms with van der Waals surface area (Å²) in [4.78, 5) is 34.0. The second-order valence-corrected chi connectivity index (χ2v) is 5.55. The fourth-order valence-electron chi connectivity index (χ4n) is 1.45. The molecule has 23 heavy (non-hydrogen) atoms. The average Bonchev–Trinajstić information content (AvgIpc) is 2.44. The Morgan fingerprint density at radius 1 is 0.957 bits per heavy atom. The van der Waals surface area contributed by atoms with Crippen molar-refractivity contribution < 1.29 is 23.9 Å². The highest BCUT2D eigenvalue weighted by molar-refractivity contribution is 6.02. The zero-order chi connectivity index (χ0) is 17.5. The summed E-state index contributed by atoms with van der Waals surface area (Å²) in [5.74, 6) is -1.08. The van der Waals surface area contributed by atoms with Crippen LogP contribution in [0.15, 0.2) is 36.4 Å². The lowest BCUT2D eigenvalue weighted by molar-refractivity contribution is -0.135. The zero-order valence-corrected chi connectivity index (χ0v) is 13.5. The van der Waals surface area contributed by atoms with Crippen molar-refractivity contribution in [1.82, 2.24) is 0 Å². The van der Waals surface area contributed by atoms with Crippen LogP contribution in [0.5, 0.6) is 0 Å². The number of carbonyl (C=O) groups excluding carboxylic acids is 3. The minimum atomic E-state index is -0.614. The monoisotopic (exact) mass is 320 g/mol. The average molecular weight is 320 g/mol. The van der Waals surface area contributed by atoms with E-state index in [2.05, 4.69) is 15.4 Å². The Morgan fingerprint density at radius 2 is 1.48 bits per heavy atom. The molecule has 1 aromatic carbocycles. The Kier molecular flexibility index (Phi) is 6.32. The minimum Gasteiger partial charge on any atom is -0.466 e. The van der Waals surface area contributed by atoms with Crippen LogP contribution in [0.25, 0.3) is 0 Å². The van der Waals surface area contributed by atoms with Gasteiger partial charge in [-0.3, -0.25) is 10.1 Å². The molecule has 0 saturated heterocycles. The van der Waals surface area contributed by atoms with Gasteiger partial charge in [-0.05, 0) is 45.0 Å². The highest BCUT2D eigenvalue weighted by Crippen LogP contribution is 2.15. The molecule has 1 rings (SSSR count). The Bertz CT molecular complexity index is 600. The molecular formula is C16H20N2O5. The van der Waals surface area contributed by atoms with Gasteiger partial charge in [0.05, 0.1) is 7.11 Å². The van der Waals surface area contributed by atoms with E-state index >= 15 is 0 Å². The topological polar surface area (TPSA) is 93.7 Å². The summed E-state index contributed by atoms with van der Waals surface area (Å²) in [6, 6.07) is 6.44. The molecule has 0 saturated carbocycles. The number of carbonyl (C=O) groups is 3. The molecule has 1 aromatic rings. The number of hydrogen-bond donors (Lipinski definition) is 2. The fourth-order valence-corrected chi connectivity index (χ4v) is 1.45. The molecular weight excluding hydrogens is 300 g/mol. The van der Waals surface area contributed by atoms with Crippen LogP contribution in [-0.4, -0.2) is 30.7 Å². The predicted octanol–water partition coefficient (Wildman–Crippen LogP) is 2.70. The molecule has 124 valence electrons. The fraction of sp³-hybridized carbons (Fsp3) is 0.312. The quantitative estimate of drug-likeness (QED) is 0.657. The van der Waals surface area contributed by atoms with Gasteiger partial charge in [-0.1, -0.05) is 0 Å². The van der Waals surface area contributed by atoms with E-state index in [4.69, 9.17) is 4.74 Å². The van der Waals surface area contributed by atoms with E-state index in [1.165, 1.54) is 7.11 Å². The molecule has 2 amide bonds. The van der Waals surface area contributed by atoms with Gasteiger partial charge in [-0.2, -0.15) is 0 Å². The number of methoxy groups -OCH3 is 1. The molecule has 0 heterocycles. The normalized spacial score (nSPS) is 11.0. The third-order valence-corrected chi connectivity index (χ3v) is 2.37. The van der Waals surface area contributed by atoms with Crippen LogP contribution in [0.3, 0.4) is 0 Å². The number of hydrogen-bond acceptors (Lipinski definition) is 5. The second kappa shape index (κ2) is 7.98. The summed E-state index contributed by atoms with van der Waals surface area (Å²) in [7, 11) is 1.22. The molecule has 0 atom stereocenters. The molecule has 7 heteroatoms. The SMILES string of the molecule is COC(=O)/C=C\C(=O)Nc1ccc(NC(=O)OC(C)(C)C)cc1. The van der Waals surface area contributed by atoms with E-state index in [0.29, 0.717) is 11.4 Å². The van der Waals surface area contributed by atoms with E-state index in [9.17, 15) is 14.4 Å². The predicted molar refractivity (Wildman–Crippen MR) is 86.1 cm³/mol. The molecule has 0 spiro atoms. The van der Waals surface area contributed by atoms with Gasteiger partial charge in [0.1, 0.15) is 5.60 Å². The first-order valence-electron chi connectivity index (χ1n) is 6.87. The molecule has 0 bridgehead atoms. The van der Waals surface area contributed by atoms with Crippen molar-refractivity contribution in [3.63, 3.8) is 0 Å². The van der Waals surface area contributed by atoms with E-state index in [0.717, 1.165) is 12.2 Å². The van der Waals surface area contributed by atoms with Crippen molar-refractivity contribution in [2.75, 3.05) is 17.7 Å². The summed E-state index contributed by atoms with van der Waals surface area (Å²) in [6.45, 7) is 5.31. The van der Waals surface area contributed by atoms with E-state index in [1.807, 2.05) is 0 Å². The van der Waals surface area contributed by atoms with Crippen molar-refractivity contribution >= 4 is 29.3 Å². The Morgan fingerprint density at radius 3 is 1.96 bits per heavy atom. The lowest BCUT2D eigenvalue weighted by atomic mass is 10.2. The van der Waals surface area contributed by atoms with Gasteiger partial charge in [-0.25, -0.2) is 9.59 Å². The van der Waals surface area contributed by atoms with Gasteiger partial charge in [0.25, 0.3) is 0 Å². The van der Waals surface area contributed by atoms with Gasteiger partial charge in [-0.15, -0.1) is 0 Å². The smallest absolute Gasteiger partial charge is 0.412 e. The largest absolute Gasteiger partial charge is 0.466 e. The van der Waals surface area contributed by atoms with Gasteiger partial charge in [0.15, 0.2) is 0 Å². The number of nitrogens with one attached hydrogen (secondary N) is 2. The van der Waals surface area contributed by atoms with Crippen molar-refractivity contribution in [1.29, 1.82) is 0 Å². The van der Waals surface area contributed by atoms with Crippen LogP contribution in [0.4, 0.5) is 16.2 Å². The van der Waals surface area contributed by atoms with E-state index < -0.39 is 23.6 Å². The zero-order valence-electron chi connectivity index (χ0n) is 13.5. The van der Waals surface area contributed by atoms with Crippen LogP contribution in [0.1, 0.15) is 20.8 Å². The summed E-state index contributed by atoms with van der Waals surface area (Å²) in [6.07, 6.45) is 1.53. The third-order valence-electron chi connectivity index (χ3n) is 2.37. The van der Waals surface area contributed by atoms with E-state index in [1.54, 1.807) is 45.0 Å². The molecule has 2 N–H and O–H groups in total. The first-order chi connectivity index (χ1) is 10.7. The summed E-state index contributed by atoms with van der Waals surface area (Å²) in [5, 5.41) is 5.14. The van der Waals surface area contributed by atoms with Gasteiger partial charge >= 0.3 is 12.1 Å². The van der Waals surface area contributed by atoms with Crippen molar-refractivity contribution in [2.24, 2.45) is 0 Å². The number of ether oxygens (including phenoxy) is 2. The van der Waals surface area contributed by atoms with Crippen molar-refractivity contribution in [2.45, 2.75) is 26.4 Å². The van der Waals surface area contributed by atoms with Gasteiger partial charge in [0, 0.05) is 23.5 Å². The molecule has 0 radical (unpaired) electrons. The Hall–Kier alpha value is -2.83. The number of esters is 1. The van der Waals surface area contributed by atoms with Crippen molar-refractivity contribution in [3.8, 4) is 0 Å². The summed E-state index contributed by atoms with van der Waals surface area (Å²) in [5.41, 5.74) is 0.464. The number of benzene rings is 1. The first kappa shape index (κ1) is 18.2. The van der Waals surface area contributed by atoms with Crippen LogP contribution in [-0.2, 0) is 19.1 Å². The molecule has 7 nitrogen and oxygen atoms in total. The summed E-state index contributed by atoms with van der Waals surface area (Å²) >= 11 is 0. The Balaban J connectivity index is 2.56. The maximum absolute atomic E-state index is 11.6. The summed E-state index contributed by atoms with van der Waals surface area (Å²) < 4.78 is 9.51. The molecule has 0 aliphatic rings. The van der Waals surface area contributed by atoms with Crippen LogP contribution in [0.2, 0.25) is 0 Å². The Labute approximate surface area is 134 Å². The standard InChI is InChI=1S/C16H20N2O5/c1-16(2,3)23-15(21)18-12-7-5-11(6-8-12)17-13(19)9-10-14(20)22-4/h5-10H,1-4H3,(H,17,19)(H,18,21)/b10-9-. The lowest BCUT2D eigenvalue weighted by Gasteiger charge is -2.19. The molecule has 0 fully saturated rings. The van der Waals surface area contributed by atoms with Gasteiger partial charge in [0.2, 0.25) is 5.91 Å². The maximum Gasteiger partial charge on any atom is 0.412 e. The second-order valence-electron chi connectivity index (χ2n) is 5.55. The van der Waals surface area contributed by atoms with Crippen LogP contribution < -0.4 is 10.6 Å².